The molecule has 4 N–H and O–H groups in total. The standard InChI is InChI=1S/C16H26O7/c1-15(2)7-4-10(18)16(15,3)5-8(7)22-14-13(21)12(20)11(19)9(6-17)23-14/h7-9,11-14,17,19-21H,4-6H2,1-3H3/t7-,8+,9-,11-,12+,13-,14-,16-/m1/s1. The number of carbonyl (C=O) groups is 1. The van der Waals surface area contributed by atoms with Crippen molar-refractivity contribution >= 4 is 5.78 Å². The molecule has 3 fully saturated rings. The van der Waals surface area contributed by atoms with Crippen LogP contribution >= 0.6 is 0 Å². The summed E-state index contributed by atoms with van der Waals surface area (Å²) in [5, 5.41) is 39.0. The van der Waals surface area contributed by atoms with E-state index in [1.54, 1.807) is 0 Å². The van der Waals surface area contributed by atoms with Crippen molar-refractivity contribution in [1.82, 2.24) is 0 Å². The number of ether oxygens (including phenoxy) is 2. The molecule has 0 radical (unpaired) electrons. The third-order valence-corrected chi connectivity index (χ3v) is 6.59. The molecule has 1 saturated heterocycles. The van der Waals surface area contributed by atoms with Crippen molar-refractivity contribution in [3.05, 3.63) is 0 Å². The van der Waals surface area contributed by atoms with Gasteiger partial charge in [-0.3, -0.25) is 4.79 Å². The maximum atomic E-state index is 12.2. The Kier molecular flexibility index (Phi) is 4.11. The van der Waals surface area contributed by atoms with Crippen LogP contribution < -0.4 is 0 Å². The Morgan fingerprint density at radius 2 is 1.83 bits per heavy atom. The van der Waals surface area contributed by atoms with Crippen LogP contribution in [0.3, 0.4) is 0 Å². The molecular weight excluding hydrogens is 304 g/mol. The minimum absolute atomic E-state index is 0.0207. The SMILES string of the molecule is CC1(C)[C@@H]2CC(=O)[C@@]1(C)C[C@@H]2O[C@@H]1O[C@H](CO)[C@@H](O)[C@H](O)[C@H]1O. The van der Waals surface area contributed by atoms with E-state index in [1.165, 1.54) is 0 Å². The van der Waals surface area contributed by atoms with E-state index in [4.69, 9.17) is 9.47 Å². The average Bonchev–Trinajstić information content (AvgIpc) is 2.78. The summed E-state index contributed by atoms with van der Waals surface area (Å²) in [6, 6.07) is 0. The lowest BCUT2D eigenvalue weighted by Crippen LogP contribution is -2.60. The Hall–Kier alpha value is -0.570. The quantitative estimate of drug-likeness (QED) is 0.535. The van der Waals surface area contributed by atoms with Crippen molar-refractivity contribution in [2.24, 2.45) is 16.7 Å². The summed E-state index contributed by atoms with van der Waals surface area (Å²) in [7, 11) is 0. The van der Waals surface area contributed by atoms with Gasteiger partial charge in [0.25, 0.3) is 0 Å². The number of aliphatic hydroxyl groups excluding tert-OH is 4. The van der Waals surface area contributed by atoms with Gasteiger partial charge in [0.2, 0.25) is 0 Å². The summed E-state index contributed by atoms with van der Waals surface area (Å²) in [6.07, 6.45) is -5.66. The van der Waals surface area contributed by atoms with Crippen molar-refractivity contribution in [2.45, 2.75) is 70.4 Å². The Morgan fingerprint density at radius 1 is 1.17 bits per heavy atom. The molecule has 0 aromatic heterocycles. The minimum Gasteiger partial charge on any atom is -0.394 e. The molecule has 23 heavy (non-hydrogen) atoms. The zero-order chi connectivity index (χ0) is 17.2. The van der Waals surface area contributed by atoms with Crippen molar-refractivity contribution in [2.75, 3.05) is 6.61 Å². The van der Waals surface area contributed by atoms with Crippen LogP contribution in [0.1, 0.15) is 33.6 Å². The molecule has 0 unspecified atom stereocenters. The zero-order valence-electron chi connectivity index (χ0n) is 13.7. The Balaban J connectivity index is 1.75. The molecule has 3 aliphatic rings. The van der Waals surface area contributed by atoms with Gasteiger partial charge in [0.05, 0.1) is 12.7 Å². The van der Waals surface area contributed by atoms with Gasteiger partial charge in [-0.05, 0) is 17.8 Å². The largest absolute Gasteiger partial charge is 0.394 e. The first-order chi connectivity index (χ1) is 10.6. The molecular formula is C16H26O7. The van der Waals surface area contributed by atoms with Gasteiger partial charge in [-0.2, -0.15) is 0 Å². The number of hydrogen-bond donors (Lipinski definition) is 4. The molecule has 0 aromatic carbocycles. The number of ketones is 1. The summed E-state index contributed by atoms with van der Waals surface area (Å²) in [6.45, 7) is 5.57. The highest BCUT2D eigenvalue weighted by Gasteiger charge is 2.66. The van der Waals surface area contributed by atoms with Crippen LogP contribution in [0.2, 0.25) is 0 Å². The highest BCUT2D eigenvalue weighted by Crippen LogP contribution is 2.64. The van der Waals surface area contributed by atoms with Gasteiger partial charge in [-0.1, -0.05) is 20.8 Å². The fourth-order valence-corrected chi connectivity index (χ4v) is 4.46. The van der Waals surface area contributed by atoms with E-state index in [-0.39, 0.29) is 23.2 Å². The van der Waals surface area contributed by atoms with E-state index < -0.39 is 42.7 Å². The van der Waals surface area contributed by atoms with E-state index in [0.717, 1.165) is 0 Å². The third kappa shape index (κ3) is 2.29. The Morgan fingerprint density at radius 3 is 2.30 bits per heavy atom. The van der Waals surface area contributed by atoms with Crippen LogP contribution in [-0.4, -0.2) is 69.6 Å². The molecule has 0 amide bonds. The molecule has 0 spiro atoms. The molecule has 0 aromatic rings. The maximum Gasteiger partial charge on any atom is 0.186 e. The number of Topliss-reactive ketones (excluding diaryl/α,β-unsaturated/α-hetero) is 1. The third-order valence-electron chi connectivity index (χ3n) is 6.59. The maximum absolute atomic E-state index is 12.2. The van der Waals surface area contributed by atoms with Crippen LogP contribution in [0.4, 0.5) is 0 Å². The Labute approximate surface area is 135 Å². The molecule has 2 bridgehead atoms. The lowest BCUT2D eigenvalue weighted by molar-refractivity contribution is -0.314. The van der Waals surface area contributed by atoms with Crippen LogP contribution in [-0.2, 0) is 14.3 Å². The van der Waals surface area contributed by atoms with Gasteiger partial charge in [-0.15, -0.1) is 0 Å². The first kappa shape index (κ1) is 17.3. The second-order valence-electron chi connectivity index (χ2n) is 7.86. The second kappa shape index (κ2) is 5.47. The fraction of sp³-hybridized carbons (Fsp3) is 0.938. The van der Waals surface area contributed by atoms with Gasteiger partial charge >= 0.3 is 0 Å². The normalized spacial score (nSPS) is 52.1. The van der Waals surface area contributed by atoms with Gasteiger partial charge < -0.3 is 29.9 Å². The Bertz CT molecular complexity index is 491. The first-order valence-electron chi connectivity index (χ1n) is 8.12. The van der Waals surface area contributed by atoms with E-state index in [0.29, 0.717) is 12.8 Å². The highest BCUT2D eigenvalue weighted by atomic mass is 16.7. The summed E-state index contributed by atoms with van der Waals surface area (Å²) >= 11 is 0. The van der Waals surface area contributed by atoms with Crippen LogP contribution in [0.5, 0.6) is 0 Å². The van der Waals surface area contributed by atoms with E-state index >= 15 is 0 Å². The fourth-order valence-electron chi connectivity index (χ4n) is 4.46. The second-order valence-corrected chi connectivity index (χ2v) is 7.86. The average molecular weight is 330 g/mol. The molecule has 7 nitrogen and oxygen atoms in total. The van der Waals surface area contributed by atoms with E-state index in [9.17, 15) is 25.2 Å². The smallest absolute Gasteiger partial charge is 0.186 e. The molecule has 2 saturated carbocycles. The number of fused-ring (bicyclic) bond motifs is 2. The topological polar surface area (TPSA) is 116 Å². The van der Waals surface area contributed by atoms with Gasteiger partial charge in [-0.25, -0.2) is 0 Å². The van der Waals surface area contributed by atoms with Crippen molar-refractivity contribution in [3.63, 3.8) is 0 Å². The number of hydrogen-bond acceptors (Lipinski definition) is 7. The molecule has 1 heterocycles. The van der Waals surface area contributed by atoms with Gasteiger partial charge in [0.1, 0.15) is 30.2 Å². The van der Waals surface area contributed by atoms with Crippen molar-refractivity contribution in [1.29, 1.82) is 0 Å². The molecule has 2 aliphatic carbocycles. The predicted octanol–water partition coefficient (Wildman–Crippen LogP) is -0.803. The summed E-state index contributed by atoms with van der Waals surface area (Å²) < 4.78 is 11.3. The van der Waals surface area contributed by atoms with E-state index in [2.05, 4.69) is 13.8 Å². The van der Waals surface area contributed by atoms with E-state index in [1.807, 2.05) is 6.92 Å². The zero-order valence-corrected chi connectivity index (χ0v) is 13.7. The molecule has 3 rings (SSSR count). The molecule has 7 heteroatoms. The molecule has 132 valence electrons. The summed E-state index contributed by atoms with van der Waals surface area (Å²) in [4.78, 5) is 12.2. The number of aliphatic hydroxyl groups is 4. The van der Waals surface area contributed by atoms with Crippen molar-refractivity contribution < 1.29 is 34.7 Å². The van der Waals surface area contributed by atoms with Gasteiger partial charge in [0, 0.05) is 11.8 Å². The minimum atomic E-state index is -1.45. The van der Waals surface area contributed by atoms with Gasteiger partial charge in [0.15, 0.2) is 6.29 Å². The van der Waals surface area contributed by atoms with Crippen molar-refractivity contribution in [3.8, 4) is 0 Å². The highest BCUT2D eigenvalue weighted by molar-refractivity contribution is 5.89. The number of carbonyl (C=O) groups excluding carboxylic acids is 1. The summed E-state index contributed by atoms with van der Waals surface area (Å²) in [5.41, 5.74) is -0.667. The summed E-state index contributed by atoms with van der Waals surface area (Å²) in [5.74, 6) is 0.258. The lowest BCUT2D eigenvalue weighted by Gasteiger charge is -2.41. The molecule has 8 atom stereocenters. The van der Waals surface area contributed by atoms with Crippen LogP contribution in [0, 0.1) is 16.7 Å². The predicted molar refractivity (Wildman–Crippen MR) is 78.3 cm³/mol. The number of rotatable bonds is 3. The lowest BCUT2D eigenvalue weighted by atomic mass is 9.70. The molecule has 1 aliphatic heterocycles. The van der Waals surface area contributed by atoms with Crippen LogP contribution in [0.15, 0.2) is 0 Å². The first-order valence-corrected chi connectivity index (χ1v) is 8.12. The van der Waals surface area contributed by atoms with Crippen LogP contribution in [0.25, 0.3) is 0 Å². The monoisotopic (exact) mass is 330 g/mol.